The molecule has 0 aromatic rings. The molecule has 0 aromatic heterocycles. The largest absolute Gasteiger partial charge is 0.389 e. The standard InChI is InChI=1S/C11H21NO/c1-3-7-11(13,8-4-2)9-5-6-10-12/h3-4,13H,1-2,5-10,12H2. The third kappa shape index (κ3) is 5.61. The minimum atomic E-state index is -0.640. The predicted octanol–water partition coefficient (Wildman–Crippen LogP) is 2.00. The highest BCUT2D eigenvalue weighted by Crippen LogP contribution is 2.23. The second-order valence-electron chi connectivity index (χ2n) is 3.46. The molecular formula is C11H21NO. The molecule has 0 aromatic carbocycles. The third-order valence-corrected chi connectivity index (χ3v) is 2.14. The predicted molar refractivity (Wildman–Crippen MR) is 57.5 cm³/mol. The van der Waals surface area contributed by atoms with Crippen LogP contribution in [0.5, 0.6) is 0 Å². The lowest BCUT2D eigenvalue weighted by Crippen LogP contribution is -2.27. The summed E-state index contributed by atoms with van der Waals surface area (Å²) in [7, 11) is 0. The average Bonchev–Trinajstić information content (AvgIpc) is 2.05. The van der Waals surface area contributed by atoms with Gasteiger partial charge in [0.2, 0.25) is 0 Å². The summed E-state index contributed by atoms with van der Waals surface area (Å²) >= 11 is 0. The van der Waals surface area contributed by atoms with Crippen molar-refractivity contribution >= 4 is 0 Å². The Kier molecular flexibility index (Phi) is 6.55. The summed E-state index contributed by atoms with van der Waals surface area (Å²) in [4.78, 5) is 0. The van der Waals surface area contributed by atoms with Gasteiger partial charge in [0, 0.05) is 0 Å². The Bertz CT molecular complexity index is 144. The number of rotatable bonds is 8. The topological polar surface area (TPSA) is 46.2 Å². The van der Waals surface area contributed by atoms with E-state index in [9.17, 15) is 5.11 Å². The van der Waals surface area contributed by atoms with Crippen molar-refractivity contribution in [1.29, 1.82) is 0 Å². The van der Waals surface area contributed by atoms with Gasteiger partial charge in [-0.2, -0.15) is 0 Å². The van der Waals surface area contributed by atoms with E-state index in [4.69, 9.17) is 5.73 Å². The van der Waals surface area contributed by atoms with Gasteiger partial charge in [0.25, 0.3) is 0 Å². The van der Waals surface area contributed by atoms with Crippen molar-refractivity contribution in [1.82, 2.24) is 0 Å². The van der Waals surface area contributed by atoms with Gasteiger partial charge in [-0.1, -0.05) is 12.2 Å². The van der Waals surface area contributed by atoms with Crippen LogP contribution in [0.15, 0.2) is 25.3 Å². The fraction of sp³-hybridized carbons (Fsp3) is 0.636. The first-order valence-electron chi connectivity index (χ1n) is 4.83. The molecule has 0 rings (SSSR count). The quantitative estimate of drug-likeness (QED) is 0.446. The highest BCUT2D eigenvalue weighted by molar-refractivity contribution is 4.91. The normalized spacial score (nSPS) is 11.2. The molecule has 0 atom stereocenters. The number of aliphatic hydroxyl groups is 1. The summed E-state index contributed by atoms with van der Waals surface area (Å²) in [6.45, 7) is 7.97. The molecule has 0 bridgehead atoms. The number of hydrogen-bond donors (Lipinski definition) is 2. The molecule has 0 saturated carbocycles. The van der Waals surface area contributed by atoms with Gasteiger partial charge in [0.05, 0.1) is 5.60 Å². The van der Waals surface area contributed by atoms with Gasteiger partial charge in [-0.25, -0.2) is 0 Å². The lowest BCUT2D eigenvalue weighted by Gasteiger charge is -2.25. The Morgan fingerprint density at radius 3 is 2.08 bits per heavy atom. The van der Waals surface area contributed by atoms with Crippen LogP contribution in [-0.2, 0) is 0 Å². The third-order valence-electron chi connectivity index (χ3n) is 2.14. The van der Waals surface area contributed by atoms with Gasteiger partial charge in [0.1, 0.15) is 0 Å². The molecule has 13 heavy (non-hydrogen) atoms. The molecular weight excluding hydrogens is 162 g/mol. The van der Waals surface area contributed by atoms with E-state index in [1.54, 1.807) is 12.2 Å². The van der Waals surface area contributed by atoms with Crippen LogP contribution < -0.4 is 5.73 Å². The lowest BCUT2D eigenvalue weighted by molar-refractivity contribution is 0.0351. The van der Waals surface area contributed by atoms with Crippen molar-refractivity contribution in [2.24, 2.45) is 5.73 Å². The molecule has 76 valence electrons. The van der Waals surface area contributed by atoms with Gasteiger partial charge in [-0.05, 0) is 38.6 Å². The van der Waals surface area contributed by atoms with E-state index in [1.807, 2.05) is 0 Å². The van der Waals surface area contributed by atoms with E-state index in [0.717, 1.165) is 19.3 Å². The second kappa shape index (κ2) is 6.87. The monoisotopic (exact) mass is 183 g/mol. The Hall–Kier alpha value is -0.600. The van der Waals surface area contributed by atoms with E-state index in [0.29, 0.717) is 19.4 Å². The van der Waals surface area contributed by atoms with Gasteiger partial charge in [-0.15, -0.1) is 13.2 Å². The molecule has 0 fully saturated rings. The molecule has 0 aliphatic heterocycles. The molecule has 2 nitrogen and oxygen atoms in total. The molecule has 0 aliphatic rings. The zero-order valence-electron chi connectivity index (χ0n) is 8.34. The van der Waals surface area contributed by atoms with Gasteiger partial charge in [0.15, 0.2) is 0 Å². The Labute approximate surface area is 81.1 Å². The molecule has 0 amide bonds. The smallest absolute Gasteiger partial charge is 0.0716 e. The number of unbranched alkanes of at least 4 members (excludes halogenated alkanes) is 1. The van der Waals surface area contributed by atoms with Crippen molar-refractivity contribution in [2.75, 3.05) is 6.54 Å². The van der Waals surface area contributed by atoms with Crippen molar-refractivity contribution in [3.05, 3.63) is 25.3 Å². The van der Waals surface area contributed by atoms with Crippen LogP contribution in [0, 0.1) is 0 Å². The highest BCUT2D eigenvalue weighted by atomic mass is 16.3. The first kappa shape index (κ1) is 12.4. The van der Waals surface area contributed by atoms with Crippen LogP contribution >= 0.6 is 0 Å². The van der Waals surface area contributed by atoms with Crippen molar-refractivity contribution < 1.29 is 5.11 Å². The zero-order valence-corrected chi connectivity index (χ0v) is 8.34. The molecule has 2 heteroatoms. The SMILES string of the molecule is C=CCC(O)(CC=C)CCCCN. The number of nitrogens with two attached hydrogens (primary N) is 1. The summed E-state index contributed by atoms with van der Waals surface area (Å²) in [6.07, 6.45) is 7.48. The molecule has 0 spiro atoms. The van der Waals surface area contributed by atoms with Gasteiger partial charge < -0.3 is 10.8 Å². The maximum absolute atomic E-state index is 10.1. The molecule has 0 saturated heterocycles. The van der Waals surface area contributed by atoms with Crippen LogP contribution in [0.25, 0.3) is 0 Å². The Morgan fingerprint density at radius 1 is 1.15 bits per heavy atom. The lowest BCUT2D eigenvalue weighted by atomic mass is 9.89. The van der Waals surface area contributed by atoms with E-state index < -0.39 is 5.60 Å². The number of hydrogen-bond acceptors (Lipinski definition) is 2. The second-order valence-corrected chi connectivity index (χ2v) is 3.46. The average molecular weight is 183 g/mol. The molecule has 0 radical (unpaired) electrons. The maximum Gasteiger partial charge on any atom is 0.0716 e. The molecule has 0 heterocycles. The summed E-state index contributed by atoms with van der Waals surface area (Å²) < 4.78 is 0. The minimum absolute atomic E-state index is 0.629. The molecule has 3 N–H and O–H groups in total. The van der Waals surface area contributed by atoms with E-state index in [-0.39, 0.29) is 0 Å². The van der Waals surface area contributed by atoms with E-state index >= 15 is 0 Å². The highest BCUT2D eigenvalue weighted by Gasteiger charge is 2.22. The van der Waals surface area contributed by atoms with Crippen LogP contribution in [0.3, 0.4) is 0 Å². The fourth-order valence-electron chi connectivity index (χ4n) is 1.42. The van der Waals surface area contributed by atoms with E-state index in [2.05, 4.69) is 13.2 Å². The van der Waals surface area contributed by atoms with Crippen molar-refractivity contribution in [3.63, 3.8) is 0 Å². The van der Waals surface area contributed by atoms with Crippen molar-refractivity contribution in [3.8, 4) is 0 Å². The van der Waals surface area contributed by atoms with Crippen molar-refractivity contribution in [2.45, 2.75) is 37.7 Å². The zero-order chi connectivity index (χ0) is 10.2. The van der Waals surface area contributed by atoms with Crippen LogP contribution in [0.4, 0.5) is 0 Å². The molecule has 0 unspecified atom stereocenters. The Balaban J connectivity index is 3.90. The molecule has 0 aliphatic carbocycles. The van der Waals surface area contributed by atoms with Crippen LogP contribution in [0.2, 0.25) is 0 Å². The first-order chi connectivity index (χ1) is 6.18. The van der Waals surface area contributed by atoms with E-state index in [1.165, 1.54) is 0 Å². The van der Waals surface area contributed by atoms with Crippen LogP contribution in [0.1, 0.15) is 32.1 Å². The summed E-state index contributed by atoms with van der Waals surface area (Å²) in [5.74, 6) is 0. The summed E-state index contributed by atoms with van der Waals surface area (Å²) in [5.41, 5.74) is 4.74. The minimum Gasteiger partial charge on any atom is -0.389 e. The van der Waals surface area contributed by atoms with Crippen LogP contribution in [-0.4, -0.2) is 17.3 Å². The van der Waals surface area contributed by atoms with Gasteiger partial charge in [-0.3, -0.25) is 0 Å². The summed E-state index contributed by atoms with van der Waals surface area (Å²) in [6, 6.07) is 0. The maximum atomic E-state index is 10.1. The Morgan fingerprint density at radius 2 is 1.69 bits per heavy atom. The first-order valence-corrected chi connectivity index (χ1v) is 4.83. The van der Waals surface area contributed by atoms with Gasteiger partial charge >= 0.3 is 0 Å². The summed E-state index contributed by atoms with van der Waals surface area (Å²) in [5, 5.41) is 10.1. The fourth-order valence-corrected chi connectivity index (χ4v) is 1.42.